The molecule has 0 N–H and O–H groups in total. The van der Waals surface area contributed by atoms with Gasteiger partial charge in [0.15, 0.2) is 0 Å². The molecule has 0 unspecified atom stereocenters. The largest absolute Gasteiger partial charge is 0.0807 e. The first-order valence-corrected chi connectivity index (χ1v) is 6.48. The third kappa shape index (κ3) is 10.5. The van der Waals surface area contributed by atoms with Gasteiger partial charge < -0.3 is 0 Å². The molecular weight excluding hydrogens is 228 g/mol. The van der Waals surface area contributed by atoms with E-state index in [-0.39, 0.29) is 0 Å². The highest BCUT2D eigenvalue weighted by molar-refractivity contribution is 5.22. The Kier molecular flexibility index (Phi) is 9.39. The number of hydrogen-bond acceptors (Lipinski definition) is 0. The van der Waals surface area contributed by atoms with Crippen molar-refractivity contribution in [1.82, 2.24) is 0 Å². The first kappa shape index (κ1) is 14.7. The monoisotopic (exact) mass is 248 g/mol. The zero-order valence-corrected chi connectivity index (χ0v) is 11.1. The first-order valence-electron chi connectivity index (χ1n) is 6.48. The Bertz CT molecular complexity index is 428. The standard InChI is InChI=1S/C19H20/c1-2-4-6-8-10-12-14-16-18-19-17-15-13-11-9-7-5-3-1/h1-18H,19H2. The van der Waals surface area contributed by atoms with Crippen LogP contribution in [0.1, 0.15) is 6.42 Å². The molecule has 0 bridgehead atoms. The average Bonchev–Trinajstić information content (AvgIpc) is 2.43. The first-order chi connectivity index (χ1) is 9.50. The van der Waals surface area contributed by atoms with Gasteiger partial charge in [0.2, 0.25) is 0 Å². The maximum atomic E-state index is 2.12. The molecule has 0 aromatic carbocycles. The highest BCUT2D eigenvalue weighted by atomic mass is 13.8. The molecule has 96 valence electrons. The number of allylic oxidation sites excluding steroid dienone is 18. The molecule has 19 heavy (non-hydrogen) atoms. The van der Waals surface area contributed by atoms with Crippen molar-refractivity contribution in [3.8, 4) is 0 Å². The van der Waals surface area contributed by atoms with Crippen LogP contribution < -0.4 is 0 Å². The van der Waals surface area contributed by atoms with Gasteiger partial charge in [0.1, 0.15) is 0 Å². The van der Waals surface area contributed by atoms with Gasteiger partial charge in [-0.25, -0.2) is 0 Å². The summed E-state index contributed by atoms with van der Waals surface area (Å²) in [6.07, 6.45) is 37.5. The van der Waals surface area contributed by atoms with Crippen LogP contribution in [-0.2, 0) is 0 Å². The van der Waals surface area contributed by atoms with Gasteiger partial charge in [-0.15, -0.1) is 0 Å². The van der Waals surface area contributed by atoms with E-state index in [4.69, 9.17) is 0 Å². The topological polar surface area (TPSA) is 0 Å². The minimum absolute atomic E-state index is 0.950. The average molecular weight is 248 g/mol. The molecule has 0 atom stereocenters. The van der Waals surface area contributed by atoms with Crippen LogP contribution in [0.15, 0.2) is 109 Å². The van der Waals surface area contributed by atoms with Crippen molar-refractivity contribution >= 4 is 0 Å². The van der Waals surface area contributed by atoms with Crippen LogP contribution in [0.25, 0.3) is 0 Å². The van der Waals surface area contributed by atoms with E-state index in [1.165, 1.54) is 0 Å². The van der Waals surface area contributed by atoms with Gasteiger partial charge in [0, 0.05) is 0 Å². The molecule has 1 aliphatic carbocycles. The van der Waals surface area contributed by atoms with E-state index in [9.17, 15) is 0 Å². The van der Waals surface area contributed by atoms with Crippen LogP contribution in [0.5, 0.6) is 0 Å². The summed E-state index contributed by atoms with van der Waals surface area (Å²) in [4.78, 5) is 0. The summed E-state index contributed by atoms with van der Waals surface area (Å²) in [6.45, 7) is 0. The van der Waals surface area contributed by atoms with Crippen LogP contribution in [-0.4, -0.2) is 0 Å². The molecule has 0 aromatic heterocycles. The molecule has 0 heterocycles. The molecule has 0 spiro atoms. The molecule has 0 amide bonds. The minimum Gasteiger partial charge on any atom is -0.0807 e. The third-order valence-electron chi connectivity index (χ3n) is 2.21. The van der Waals surface area contributed by atoms with Crippen molar-refractivity contribution < 1.29 is 0 Å². The fraction of sp³-hybridized carbons (Fsp3) is 0.0526. The Hall–Kier alpha value is -2.34. The second kappa shape index (κ2) is 12.1. The van der Waals surface area contributed by atoms with Crippen LogP contribution in [0.2, 0.25) is 0 Å². The van der Waals surface area contributed by atoms with Crippen molar-refractivity contribution in [3.05, 3.63) is 109 Å². The lowest BCUT2D eigenvalue weighted by molar-refractivity contribution is 1.39. The Morgan fingerprint density at radius 2 is 0.474 bits per heavy atom. The Labute approximate surface area is 116 Å². The molecule has 0 heteroatoms. The van der Waals surface area contributed by atoms with E-state index in [1.54, 1.807) is 0 Å². The molecule has 1 aliphatic rings. The normalized spacial score (nSPS) is 16.4. The molecule has 0 saturated carbocycles. The highest BCUT2D eigenvalue weighted by Gasteiger charge is 1.69. The van der Waals surface area contributed by atoms with Gasteiger partial charge >= 0.3 is 0 Å². The predicted octanol–water partition coefficient (Wildman–Crippen LogP) is 5.40. The third-order valence-corrected chi connectivity index (χ3v) is 2.21. The Balaban J connectivity index is 2.63. The fourth-order valence-corrected chi connectivity index (χ4v) is 1.29. The maximum Gasteiger partial charge on any atom is -0.0163 e. The van der Waals surface area contributed by atoms with Gasteiger partial charge in [-0.3, -0.25) is 0 Å². The van der Waals surface area contributed by atoms with E-state index >= 15 is 0 Å². The second-order valence-electron chi connectivity index (χ2n) is 3.79. The lowest BCUT2D eigenvalue weighted by atomic mass is 10.3. The fourth-order valence-electron chi connectivity index (χ4n) is 1.29. The second-order valence-corrected chi connectivity index (χ2v) is 3.79. The van der Waals surface area contributed by atoms with E-state index in [0.717, 1.165) is 6.42 Å². The number of rotatable bonds is 0. The van der Waals surface area contributed by atoms with Crippen LogP contribution >= 0.6 is 0 Å². The quantitative estimate of drug-likeness (QED) is 0.538. The highest BCUT2D eigenvalue weighted by Crippen LogP contribution is 1.90. The molecular formula is C19H20. The summed E-state index contributed by atoms with van der Waals surface area (Å²) >= 11 is 0. The van der Waals surface area contributed by atoms with E-state index in [0.29, 0.717) is 0 Å². The Morgan fingerprint density at radius 3 is 0.737 bits per heavy atom. The molecule has 1 rings (SSSR count). The zero-order chi connectivity index (χ0) is 13.4. The minimum atomic E-state index is 0.950. The van der Waals surface area contributed by atoms with Gasteiger partial charge in [0.05, 0.1) is 0 Å². The van der Waals surface area contributed by atoms with Crippen molar-refractivity contribution in [2.24, 2.45) is 0 Å². The smallest absolute Gasteiger partial charge is 0.0163 e. The molecule has 0 saturated heterocycles. The van der Waals surface area contributed by atoms with E-state index in [1.807, 2.05) is 85.1 Å². The molecule has 0 radical (unpaired) electrons. The van der Waals surface area contributed by atoms with Crippen LogP contribution in [0, 0.1) is 0 Å². The molecule has 0 nitrogen and oxygen atoms in total. The van der Waals surface area contributed by atoms with Crippen LogP contribution in [0.3, 0.4) is 0 Å². The SMILES string of the molecule is C1=CC=CC=CC=CC=CCC=CC=CC=CC=C1. The van der Waals surface area contributed by atoms with Crippen molar-refractivity contribution in [3.63, 3.8) is 0 Å². The maximum absolute atomic E-state index is 2.12. The van der Waals surface area contributed by atoms with Crippen molar-refractivity contribution in [2.75, 3.05) is 0 Å². The predicted molar refractivity (Wildman–Crippen MR) is 86.9 cm³/mol. The number of hydrogen-bond donors (Lipinski definition) is 0. The zero-order valence-electron chi connectivity index (χ0n) is 11.1. The summed E-state index contributed by atoms with van der Waals surface area (Å²) in [5.74, 6) is 0. The molecule has 0 aromatic rings. The van der Waals surface area contributed by atoms with Gasteiger partial charge in [-0.1, -0.05) is 109 Å². The summed E-state index contributed by atoms with van der Waals surface area (Å²) in [6, 6.07) is 0. The van der Waals surface area contributed by atoms with Gasteiger partial charge in [-0.05, 0) is 6.42 Å². The Morgan fingerprint density at radius 1 is 0.263 bits per heavy atom. The summed E-state index contributed by atoms with van der Waals surface area (Å²) in [5.41, 5.74) is 0. The van der Waals surface area contributed by atoms with Crippen LogP contribution in [0.4, 0.5) is 0 Å². The lowest BCUT2D eigenvalue weighted by Gasteiger charge is -1.79. The molecule has 0 fully saturated rings. The molecule has 0 aliphatic heterocycles. The van der Waals surface area contributed by atoms with Gasteiger partial charge in [0.25, 0.3) is 0 Å². The summed E-state index contributed by atoms with van der Waals surface area (Å²) in [7, 11) is 0. The van der Waals surface area contributed by atoms with Crippen molar-refractivity contribution in [1.29, 1.82) is 0 Å². The van der Waals surface area contributed by atoms with E-state index in [2.05, 4.69) is 24.3 Å². The van der Waals surface area contributed by atoms with Crippen molar-refractivity contribution in [2.45, 2.75) is 6.42 Å². The van der Waals surface area contributed by atoms with E-state index < -0.39 is 0 Å². The summed E-state index contributed by atoms with van der Waals surface area (Å²) in [5, 5.41) is 0. The summed E-state index contributed by atoms with van der Waals surface area (Å²) < 4.78 is 0. The van der Waals surface area contributed by atoms with Gasteiger partial charge in [-0.2, -0.15) is 0 Å². The lowest BCUT2D eigenvalue weighted by Crippen LogP contribution is -1.57.